The number of nitrogens with zero attached hydrogens (tertiary/aromatic N) is 4. The van der Waals surface area contributed by atoms with E-state index < -0.39 is 24.6 Å². The van der Waals surface area contributed by atoms with Crippen molar-refractivity contribution in [3.8, 4) is 11.8 Å². The molecule has 0 spiro atoms. The van der Waals surface area contributed by atoms with Gasteiger partial charge in [-0.1, -0.05) is 5.92 Å². The van der Waals surface area contributed by atoms with Gasteiger partial charge in [-0.15, -0.1) is 0 Å². The van der Waals surface area contributed by atoms with Crippen molar-refractivity contribution in [2.75, 3.05) is 29.2 Å². The number of nitrogen functional groups attached to an aromatic ring is 1. The Bertz CT molecular complexity index is 1280. The first kappa shape index (κ1) is 22.6. The smallest absolute Gasteiger partial charge is 0.256 e. The molecule has 172 valence electrons. The van der Waals surface area contributed by atoms with Gasteiger partial charge in [-0.2, -0.15) is 0 Å². The average Bonchev–Trinajstić information content (AvgIpc) is 3.50. The number of hydrogen-bond donors (Lipinski definition) is 2. The van der Waals surface area contributed by atoms with Crippen LogP contribution < -0.4 is 21.5 Å². The summed E-state index contributed by atoms with van der Waals surface area (Å²) in [5.74, 6) is 9.13. The third-order valence-corrected chi connectivity index (χ3v) is 5.52. The van der Waals surface area contributed by atoms with E-state index in [1.165, 1.54) is 31.4 Å². The molecule has 0 radical (unpaired) electrons. The Hall–Kier alpha value is -3.58. The molecule has 4 N–H and O–H groups in total. The summed E-state index contributed by atoms with van der Waals surface area (Å²) in [4.78, 5) is 9.43. The second-order valence-electron chi connectivity index (χ2n) is 8.28. The van der Waals surface area contributed by atoms with Crippen molar-refractivity contribution >= 4 is 33.8 Å². The molecule has 4 rings (SSSR count). The molecule has 1 aliphatic carbocycles. The molecule has 10 heteroatoms. The normalized spacial score (nSPS) is 14.2. The first-order valence-corrected chi connectivity index (χ1v) is 10.2. The molecule has 1 aliphatic rings. The van der Waals surface area contributed by atoms with Crippen molar-refractivity contribution < 1.29 is 17.6 Å². The van der Waals surface area contributed by atoms with Crippen LogP contribution in [-0.2, 0) is 0 Å². The van der Waals surface area contributed by atoms with Gasteiger partial charge in [-0.05, 0) is 50.0 Å². The maximum atomic E-state index is 15.0. The lowest BCUT2D eigenvalue weighted by molar-refractivity contribution is 0.158. The van der Waals surface area contributed by atoms with E-state index in [-0.39, 0.29) is 39.2 Å². The van der Waals surface area contributed by atoms with Gasteiger partial charge in [0.05, 0.1) is 11.9 Å². The summed E-state index contributed by atoms with van der Waals surface area (Å²) in [5, 5.41) is 0.936. The Morgan fingerprint density at radius 2 is 1.94 bits per heavy atom. The van der Waals surface area contributed by atoms with Gasteiger partial charge >= 0.3 is 0 Å². The Balaban J connectivity index is 1.93. The molecule has 1 saturated carbocycles. The van der Waals surface area contributed by atoms with E-state index in [2.05, 4.69) is 21.8 Å². The highest BCUT2D eigenvalue weighted by Gasteiger charge is 2.35. The van der Waals surface area contributed by atoms with Crippen molar-refractivity contribution in [2.24, 2.45) is 11.3 Å². The third kappa shape index (κ3) is 4.50. The van der Waals surface area contributed by atoms with E-state index in [9.17, 15) is 13.2 Å². The lowest BCUT2D eigenvalue weighted by Gasteiger charge is -2.27. The maximum Gasteiger partial charge on any atom is 0.256 e. The van der Waals surface area contributed by atoms with Crippen LogP contribution in [0.2, 0.25) is 0 Å². The lowest BCUT2D eigenvalue weighted by Crippen LogP contribution is -2.29. The molecular formula is C23H22F4N6. The van der Waals surface area contributed by atoms with E-state index >= 15 is 4.39 Å². The minimum absolute atomic E-state index is 0.0582. The number of pyridine rings is 2. The summed E-state index contributed by atoms with van der Waals surface area (Å²) in [5.41, 5.74) is 6.74. The highest BCUT2D eigenvalue weighted by atomic mass is 19.3. The topological polar surface area (TPSA) is 84.3 Å². The zero-order valence-electron chi connectivity index (χ0n) is 18.0. The largest absolute Gasteiger partial charge is 0.382 e. The van der Waals surface area contributed by atoms with E-state index in [4.69, 9.17) is 11.6 Å². The molecule has 3 aromatic rings. The molecule has 0 unspecified atom stereocenters. The number of halogens is 4. The summed E-state index contributed by atoms with van der Waals surface area (Å²) >= 11 is 0. The van der Waals surface area contributed by atoms with E-state index in [0.29, 0.717) is 5.69 Å². The second-order valence-corrected chi connectivity index (χ2v) is 8.28. The maximum absolute atomic E-state index is 15.0. The van der Waals surface area contributed by atoms with Gasteiger partial charge in [0.15, 0.2) is 17.5 Å². The fourth-order valence-electron chi connectivity index (χ4n) is 3.53. The minimum atomic E-state index is -2.82. The predicted molar refractivity (Wildman–Crippen MR) is 120 cm³/mol. The van der Waals surface area contributed by atoms with Crippen molar-refractivity contribution in [2.45, 2.75) is 26.2 Å². The number of anilines is 4. The molecule has 1 aromatic carbocycles. The van der Waals surface area contributed by atoms with Crippen LogP contribution in [0.4, 0.5) is 40.6 Å². The Morgan fingerprint density at radius 3 is 2.58 bits per heavy atom. The van der Waals surface area contributed by atoms with Crippen LogP contribution in [0, 0.1) is 28.9 Å². The van der Waals surface area contributed by atoms with Gasteiger partial charge < -0.3 is 15.6 Å². The predicted octanol–water partition coefficient (Wildman–Crippen LogP) is 4.35. The van der Waals surface area contributed by atoms with E-state index in [1.807, 2.05) is 6.92 Å². The molecule has 0 saturated heterocycles. The van der Waals surface area contributed by atoms with Gasteiger partial charge in [0.2, 0.25) is 0 Å². The number of nitrogens with two attached hydrogens (primary N) is 2. The summed E-state index contributed by atoms with van der Waals surface area (Å²) in [6.07, 6.45) is 0.570. The van der Waals surface area contributed by atoms with E-state index in [1.54, 1.807) is 0 Å². The fraction of sp³-hybridized carbons (Fsp3) is 0.304. The summed E-state index contributed by atoms with van der Waals surface area (Å²) < 4.78 is 56.5. The number of alkyl halides is 2. The average molecular weight is 458 g/mol. The Kier molecular flexibility index (Phi) is 5.76. The highest BCUT2D eigenvalue weighted by molar-refractivity contribution is 6.05. The molecule has 2 heterocycles. The van der Waals surface area contributed by atoms with Crippen molar-refractivity contribution in [1.82, 2.24) is 9.97 Å². The molecule has 6 nitrogen and oxygen atoms in total. The van der Waals surface area contributed by atoms with Crippen LogP contribution in [0.25, 0.3) is 10.8 Å². The van der Waals surface area contributed by atoms with Gasteiger partial charge in [-0.25, -0.2) is 33.4 Å². The van der Waals surface area contributed by atoms with Crippen LogP contribution in [0.1, 0.15) is 25.5 Å². The quantitative estimate of drug-likeness (QED) is 0.256. The molecule has 1 fully saturated rings. The first-order chi connectivity index (χ1) is 15.6. The van der Waals surface area contributed by atoms with Crippen LogP contribution in [0.15, 0.2) is 30.5 Å². The number of aromatic nitrogens is 2. The van der Waals surface area contributed by atoms with E-state index in [0.717, 1.165) is 28.8 Å². The van der Waals surface area contributed by atoms with Crippen molar-refractivity contribution in [3.63, 3.8) is 0 Å². The van der Waals surface area contributed by atoms with Crippen molar-refractivity contribution in [1.29, 1.82) is 0 Å². The number of fused-ring (bicyclic) bond motifs is 1. The number of rotatable bonds is 5. The van der Waals surface area contributed by atoms with Crippen LogP contribution >= 0.6 is 0 Å². The third-order valence-electron chi connectivity index (χ3n) is 5.52. The van der Waals surface area contributed by atoms with Gasteiger partial charge in [-0.3, -0.25) is 0 Å². The van der Waals surface area contributed by atoms with Gasteiger partial charge in [0.25, 0.3) is 6.43 Å². The monoisotopic (exact) mass is 458 g/mol. The van der Waals surface area contributed by atoms with Crippen LogP contribution in [0.3, 0.4) is 0 Å². The zero-order chi connectivity index (χ0) is 23.9. The Morgan fingerprint density at radius 1 is 1.21 bits per heavy atom. The van der Waals surface area contributed by atoms with Crippen LogP contribution in [-0.4, -0.2) is 30.0 Å². The summed E-state index contributed by atoms with van der Waals surface area (Å²) in [6.45, 7) is 1.18. The molecule has 0 amide bonds. The summed E-state index contributed by atoms with van der Waals surface area (Å²) in [6, 6.07) is 5.18. The number of hydrazine groups is 1. The molecule has 0 bridgehead atoms. The molecule has 0 atom stereocenters. The minimum Gasteiger partial charge on any atom is -0.382 e. The SMILES string of the molecule is CN(N)c1c(N)nc(N(CC(F)F)c2ccnc(C#CC3(C)CC3)c2)c2c(F)c(F)ccc12. The number of hydrogen-bond acceptors (Lipinski definition) is 6. The standard InChI is InChI=1S/C23H22F4N6/c1-23(8-9-23)7-5-13-11-14(6-10-30-13)33(12-17(25)26)22-18-15(3-4-16(24)19(18)27)20(32(2)29)21(28)31-22/h3-4,6,10-11,17H,8-9,12,29H2,1-2H3,(H2,28,31). The first-order valence-electron chi connectivity index (χ1n) is 10.2. The molecule has 0 aliphatic heterocycles. The van der Waals surface area contributed by atoms with Gasteiger partial charge in [0, 0.05) is 29.7 Å². The summed E-state index contributed by atoms with van der Waals surface area (Å²) in [7, 11) is 1.46. The van der Waals surface area contributed by atoms with Crippen LogP contribution in [0.5, 0.6) is 0 Å². The lowest BCUT2D eigenvalue weighted by atomic mass is 10.1. The second kappa shape index (κ2) is 8.41. The van der Waals surface area contributed by atoms with Crippen molar-refractivity contribution in [3.05, 3.63) is 47.8 Å². The highest BCUT2D eigenvalue weighted by Crippen LogP contribution is 2.44. The zero-order valence-corrected chi connectivity index (χ0v) is 18.0. The van der Waals surface area contributed by atoms with Gasteiger partial charge in [0.1, 0.15) is 17.2 Å². The Labute approximate surface area is 188 Å². The molecule has 33 heavy (non-hydrogen) atoms. The molecule has 2 aromatic heterocycles. The fourth-order valence-corrected chi connectivity index (χ4v) is 3.53. The number of benzene rings is 1. The molecular weight excluding hydrogens is 436 g/mol.